The minimum Gasteiger partial charge on any atom is -0.394 e. The van der Waals surface area contributed by atoms with Crippen LogP contribution in [0.3, 0.4) is 0 Å². The molecule has 2 N–H and O–H groups in total. The van der Waals surface area contributed by atoms with Crippen LogP contribution in [0, 0.1) is 0 Å². The van der Waals surface area contributed by atoms with Crippen molar-refractivity contribution in [1.29, 1.82) is 0 Å². The van der Waals surface area contributed by atoms with Gasteiger partial charge >= 0.3 is 0 Å². The maximum Gasteiger partial charge on any atom is 0.150 e. The summed E-state index contributed by atoms with van der Waals surface area (Å²) in [5, 5.41) is 4.54. The lowest BCUT2D eigenvalue weighted by Gasteiger charge is -2.23. The molecule has 1 aromatic rings. The van der Waals surface area contributed by atoms with Crippen LogP contribution in [0.1, 0.15) is 45.2 Å². The van der Waals surface area contributed by atoms with Crippen LogP contribution < -0.4 is 10.6 Å². The van der Waals surface area contributed by atoms with Gasteiger partial charge < -0.3 is 10.6 Å². The number of aryl methyl sites for hydroxylation is 1. The van der Waals surface area contributed by atoms with E-state index in [2.05, 4.69) is 30.8 Å². The molecule has 90 valence electrons. The molecule has 0 atom stereocenters. The van der Waals surface area contributed by atoms with E-state index in [1.807, 2.05) is 11.7 Å². The molecule has 0 bridgehead atoms. The highest BCUT2D eigenvalue weighted by molar-refractivity contribution is 5.68. The molecule has 1 aliphatic carbocycles. The average molecular weight is 222 g/mol. The molecule has 1 saturated carbocycles. The number of nitrogens with two attached hydrogens (primary N) is 1. The summed E-state index contributed by atoms with van der Waals surface area (Å²) in [4.78, 5) is 2.38. The van der Waals surface area contributed by atoms with Crippen LogP contribution in [0.2, 0.25) is 0 Å². The van der Waals surface area contributed by atoms with Crippen LogP contribution in [0.15, 0.2) is 0 Å². The Labute approximate surface area is 97.4 Å². The number of hydrogen-bond acceptors (Lipinski definition) is 3. The molecule has 4 heteroatoms. The fourth-order valence-corrected chi connectivity index (χ4v) is 2.29. The van der Waals surface area contributed by atoms with E-state index in [1.165, 1.54) is 12.8 Å². The summed E-state index contributed by atoms with van der Waals surface area (Å²) < 4.78 is 1.94. The van der Waals surface area contributed by atoms with E-state index in [1.54, 1.807) is 0 Å². The van der Waals surface area contributed by atoms with Crippen LogP contribution >= 0.6 is 0 Å². The molecule has 0 aromatic carbocycles. The molecule has 0 unspecified atom stereocenters. The van der Waals surface area contributed by atoms with Crippen molar-refractivity contribution >= 4 is 11.5 Å². The van der Waals surface area contributed by atoms with Gasteiger partial charge in [0.25, 0.3) is 0 Å². The molecule has 1 aliphatic rings. The summed E-state index contributed by atoms with van der Waals surface area (Å²) in [5.41, 5.74) is 8.11. The Morgan fingerprint density at radius 2 is 2.12 bits per heavy atom. The van der Waals surface area contributed by atoms with Crippen LogP contribution in [0.4, 0.5) is 11.5 Å². The number of hydrogen-bond donors (Lipinski definition) is 1. The van der Waals surface area contributed by atoms with Gasteiger partial charge in [-0.05, 0) is 25.7 Å². The Morgan fingerprint density at radius 1 is 1.50 bits per heavy atom. The topological polar surface area (TPSA) is 47.1 Å². The van der Waals surface area contributed by atoms with Crippen molar-refractivity contribution in [2.45, 2.75) is 45.6 Å². The largest absolute Gasteiger partial charge is 0.394 e. The van der Waals surface area contributed by atoms with Crippen LogP contribution in [0.25, 0.3) is 0 Å². The lowest BCUT2D eigenvalue weighted by molar-refractivity contribution is 0.685. The maximum atomic E-state index is 6.22. The van der Waals surface area contributed by atoms with E-state index < -0.39 is 0 Å². The Hall–Kier alpha value is -1.19. The van der Waals surface area contributed by atoms with Crippen molar-refractivity contribution in [2.75, 3.05) is 17.2 Å². The van der Waals surface area contributed by atoms with Gasteiger partial charge in [-0.25, -0.2) is 0 Å². The first kappa shape index (κ1) is 11.3. The molecular formula is C12H22N4. The monoisotopic (exact) mass is 222 g/mol. The highest BCUT2D eigenvalue weighted by Gasteiger charge is 2.32. The van der Waals surface area contributed by atoms with Gasteiger partial charge in [-0.2, -0.15) is 5.10 Å². The normalized spacial score (nSPS) is 15.8. The molecule has 0 aliphatic heterocycles. The molecule has 0 radical (unpaired) electrons. The van der Waals surface area contributed by atoms with Crippen molar-refractivity contribution in [2.24, 2.45) is 7.05 Å². The minimum atomic E-state index is 0.387. The Kier molecular flexibility index (Phi) is 2.82. The zero-order valence-corrected chi connectivity index (χ0v) is 10.7. The van der Waals surface area contributed by atoms with Crippen LogP contribution in [-0.2, 0) is 7.05 Å². The summed E-state index contributed by atoms with van der Waals surface area (Å²) in [6, 6.07) is 0.683. The smallest absolute Gasteiger partial charge is 0.150 e. The van der Waals surface area contributed by atoms with Gasteiger partial charge in [0.05, 0.1) is 11.4 Å². The van der Waals surface area contributed by atoms with Crippen LogP contribution in [0.5, 0.6) is 0 Å². The van der Waals surface area contributed by atoms with Gasteiger partial charge in [-0.3, -0.25) is 4.68 Å². The van der Waals surface area contributed by atoms with E-state index >= 15 is 0 Å². The molecule has 1 aromatic heterocycles. The molecule has 1 heterocycles. The Balaban J connectivity index is 2.38. The summed E-state index contributed by atoms with van der Waals surface area (Å²) >= 11 is 0. The standard InChI is InChI=1S/C12H22N4/c1-5-16(9-6-7-9)12-10(13)11(8(2)3)14-15(12)4/h8-9H,5-7,13H2,1-4H3. The number of nitrogen functional groups attached to an aromatic ring is 1. The van der Waals surface area contributed by atoms with Gasteiger partial charge in [0.1, 0.15) is 0 Å². The van der Waals surface area contributed by atoms with Crippen LogP contribution in [-0.4, -0.2) is 22.4 Å². The highest BCUT2D eigenvalue weighted by Crippen LogP contribution is 2.37. The minimum absolute atomic E-state index is 0.387. The second-order valence-corrected chi connectivity index (χ2v) is 4.92. The first-order valence-corrected chi connectivity index (χ1v) is 6.15. The summed E-state index contributed by atoms with van der Waals surface area (Å²) in [5.74, 6) is 1.49. The van der Waals surface area contributed by atoms with E-state index in [0.29, 0.717) is 12.0 Å². The third-order valence-electron chi connectivity index (χ3n) is 3.23. The average Bonchev–Trinajstić information content (AvgIpc) is 3.00. The predicted molar refractivity (Wildman–Crippen MR) is 67.8 cm³/mol. The van der Waals surface area contributed by atoms with Crippen molar-refractivity contribution in [3.8, 4) is 0 Å². The zero-order chi connectivity index (χ0) is 11.9. The highest BCUT2D eigenvalue weighted by atomic mass is 15.4. The summed E-state index contributed by atoms with van der Waals surface area (Å²) in [6.07, 6.45) is 2.57. The summed E-state index contributed by atoms with van der Waals surface area (Å²) in [6.45, 7) is 7.46. The zero-order valence-electron chi connectivity index (χ0n) is 10.7. The maximum absolute atomic E-state index is 6.22. The van der Waals surface area contributed by atoms with E-state index in [4.69, 9.17) is 5.73 Å². The fourth-order valence-electron chi connectivity index (χ4n) is 2.29. The third-order valence-corrected chi connectivity index (χ3v) is 3.23. The van der Waals surface area contributed by atoms with Crippen molar-refractivity contribution < 1.29 is 0 Å². The van der Waals surface area contributed by atoms with Gasteiger partial charge in [0, 0.05) is 19.6 Å². The molecule has 0 spiro atoms. The number of aromatic nitrogens is 2. The lowest BCUT2D eigenvalue weighted by atomic mass is 10.1. The molecule has 4 nitrogen and oxygen atoms in total. The first-order chi connectivity index (χ1) is 7.56. The second kappa shape index (κ2) is 4.00. The van der Waals surface area contributed by atoms with Crippen molar-refractivity contribution in [3.05, 3.63) is 5.69 Å². The lowest BCUT2D eigenvalue weighted by Crippen LogP contribution is -2.28. The number of rotatable bonds is 4. The number of nitrogens with zero attached hydrogens (tertiary/aromatic N) is 3. The summed E-state index contributed by atoms with van der Waals surface area (Å²) in [7, 11) is 1.99. The Morgan fingerprint density at radius 3 is 2.50 bits per heavy atom. The number of anilines is 2. The van der Waals surface area contributed by atoms with E-state index in [9.17, 15) is 0 Å². The fraction of sp³-hybridized carbons (Fsp3) is 0.750. The molecule has 2 rings (SSSR count). The molecular weight excluding hydrogens is 200 g/mol. The first-order valence-electron chi connectivity index (χ1n) is 6.15. The molecule has 16 heavy (non-hydrogen) atoms. The second-order valence-electron chi connectivity index (χ2n) is 4.92. The SMILES string of the molecule is CCN(c1c(N)c(C(C)C)nn1C)C1CC1. The third kappa shape index (κ3) is 1.77. The van der Waals surface area contributed by atoms with Crippen molar-refractivity contribution in [3.63, 3.8) is 0 Å². The Bertz CT molecular complexity index is 377. The molecule has 1 fully saturated rings. The molecule has 0 amide bonds. The predicted octanol–water partition coefficient (Wildman–Crippen LogP) is 2.11. The van der Waals surface area contributed by atoms with Crippen molar-refractivity contribution in [1.82, 2.24) is 9.78 Å². The van der Waals surface area contributed by atoms with E-state index in [-0.39, 0.29) is 0 Å². The van der Waals surface area contributed by atoms with Gasteiger partial charge in [-0.15, -0.1) is 0 Å². The quantitative estimate of drug-likeness (QED) is 0.848. The van der Waals surface area contributed by atoms with E-state index in [0.717, 1.165) is 23.7 Å². The van der Waals surface area contributed by atoms with Gasteiger partial charge in [0.2, 0.25) is 0 Å². The molecule has 0 saturated heterocycles. The van der Waals surface area contributed by atoms with Gasteiger partial charge in [-0.1, -0.05) is 13.8 Å². The van der Waals surface area contributed by atoms with Gasteiger partial charge in [0.15, 0.2) is 5.82 Å².